The van der Waals surface area contributed by atoms with E-state index >= 15 is 0 Å². The number of nitrogens with one attached hydrogen (secondary N) is 1. The van der Waals surface area contributed by atoms with E-state index in [1.54, 1.807) is 11.3 Å². The Morgan fingerprint density at radius 1 is 0.967 bits per heavy atom. The molecule has 0 aliphatic carbocycles. The lowest BCUT2D eigenvalue weighted by Gasteiger charge is -2.23. The van der Waals surface area contributed by atoms with Crippen molar-refractivity contribution in [1.82, 2.24) is 9.80 Å². The smallest absolute Gasteiger partial charge is 0.238 e. The van der Waals surface area contributed by atoms with Gasteiger partial charge in [0.2, 0.25) is 5.91 Å². The molecule has 1 heterocycles. The molecule has 0 spiro atoms. The van der Waals surface area contributed by atoms with Gasteiger partial charge in [0.05, 0.1) is 10.3 Å². The standard InChI is InChI=1S/C23H26BrN3O2S/c1-26(2)14-15-27(16-21-12-13-22(24)30-21)17-23(28)25-18-8-10-20(11-9-18)29-19-6-4-3-5-7-19/h3-13H,14-17H2,1-2H3,(H,25,28). The lowest BCUT2D eigenvalue weighted by molar-refractivity contribution is -0.117. The Bertz CT molecular complexity index is 929. The Balaban J connectivity index is 1.55. The molecular formula is C23H26BrN3O2S. The number of hydrogen-bond donors (Lipinski definition) is 1. The lowest BCUT2D eigenvalue weighted by Crippen LogP contribution is -2.37. The van der Waals surface area contributed by atoms with Crippen LogP contribution in [0.4, 0.5) is 5.69 Å². The predicted octanol–water partition coefficient (Wildman–Crippen LogP) is 5.31. The number of ether oxygens (including phenoxy) is 1. The largest absolute Gasteiger partial charge is 0.457 e. The van der Waals surface area contributed by atoms with Crippen LogP contribution in [0.25, 0.3) is 0 Å². The summed E-state index contributed by atoms with van der Waals surface area (Å²) in [5.41, 5.74) is 0.756. The van der Waals surface area contributed by atoms with Crippen molar-refractivity contribution in [3.63, 3.8) is 0 Å². The molecule has 0 bridgehead atoms. The van der Waals surface area contributed by atoms with Crippen LogP contribution in [-0.2, 0) is 11.3 Å². The lowest BCUT2D eigenvalue weighted by atomic mass is 10.3. The summed E-state index contributed by atoms with van der Waals surface area (Å²) in [5.74, 6) is 1.49. The highest BCUT2D eigenvalue weighted by molar-refractivity contribution is 9.11. The maximum absolute atomic E-state index is 12.6. The van der Waals surface area contributed by atoms with Gasteiger partial charge in [-0.2, -0.15) is 0 Å². The monoisotopic (exact) mass is 487 g/mol. The molecule has 1 N–H and O–H groups in total. The van der Waals surface area contributed by atoms with E-state index in [1.807, 2.05) is 74.8 Å². The normalized spacial score (nSPS) is 11.1. The van der Waals surface area contributed by atoms with Gasteiger partial charge in [-0.05, 0) is 78.6 Å². The van der Waals surface area contributed by atoms with E-state index in [2.05, 4.69) is 37.1 Å². The number of nitrogens with zero attached hydrogens (tertiary/aromatic N) is 2. The van der Waals surface area contributed by atoms with Crippen LogP contribution in [0, 0.1) is 0 Å². The number of rotatable bonds is 10. The molecule has 1 amide bonds. The number of likely N-dealkylation sites (N-methyl/N-ethyl adjacent to an activating group) is 1. The fourth-order valence-electron chi connectivity index (χ4n) is 2.85. The van der Waals surface area contributed by atoms with Crippen LogP contribution in [0.15, 0.2) is 70.5 Å². The zero-order chi connectivity index (χ0) is 21.3. The first-order chi connectivity index (χ1) is 14.5. The van der Waals surface area contributed by atoms with Crippen molar-refractivity contribution in [2.75, 3.05) is 39.0 Å². The molecule has 7 heteroatoms. The van der Waals surface area contributed by atoms with Crippen molar-refractivity contribution in [3.05, 3.63) is 75.4 Å². The van der Waals surface area contributed by atoms with Gasteiger partial charge in [-0.3, -0.25) is 9.69 Å². The third-order valence-electron chi connectivity index (χ3n) is 4.36. The second-order valence-electron chi connectivity index (χ2n) is 7.21. The van der Waals surface area contributed by atoms with Crippen molar-refractivity contribution in [1.29, 1.82) is 0 Å². The second kappa shape index (κ2) is 11.3. The number of benzene rings is 2. The molecule has 5 nitrogen and oxygen atoms in total. The van der Waals surface area contributed by atoms with E-state index in [4.69, 9.17) is 4.74 Å². The summed E-state index contributed by atoms with van der Waals surface area (Å²) in [6.45, 7) is 2.80. The molecule has 0 aliphatic rings. The van der Waals surface area contributed by atoms with Crippen LogP contribution in [0.5, 0.6) is 11.5 Å². The van der Waals surface area contributed by atoms with Crippen LogP contribution < -0.4 is 10.1 Å². The molecule has 158 valence electrons. The number of amides is 1. The zero-order valence-electron chi connectivity index (χ0n) is 17.2. The SMILES string of the molecule is CN(C)CCN(CC(=O)Nc1ccc(Oc2ccccc2)cc1)Cc1ccc(Br)s1. The Labute approximate surface area is 190 Å². The first-order valence-electron chi connectivity index (χ1n) is 9.72. The number of carbonyl (C=O) groups is 1. The Morgan fingerprint density at radius 2 is 1.67 bits per heavy atom. The van der Waals surface area contributed by atoms with Gasteiger partial charge in [0.15, 0.2) is 0 Å². The topological polar surface area (TPSA) is 44.8 Å². The number of halogens is 1. The molecule has 0 atom stereocenters. The summed E-state index contributed by atoms with van der Waals surface area (Å²) in [6.07, 6.45) is 0. The Kier molecular flexibility index (Phi) is 8.45. The molecule has 0 unspecified atom stereocenters. The highest BCUT2D eigenvalue weighted by Gasteiger charge is 2.13. The number of thiophene rings is 1. The molecule has 0 saturated carbocycles. The average Bonchev–Trinajstić information content (AvgIpc) is 3.13. The van der Waals surface area contributed by atoms with Crippen LogP contribution in [0.3, 0.4) is 0 Å². The van der Waals surface area contributed by atoms with Gasteiger partial charge in [0.25, 0.3) is 0 Å². The quantitative estimate of drug-likeness (QED) is 0.421. The number of hydrogen-bond acceptors (Lipinski definition) is 5. The molecule has 3 aromatic rings. The van der Waals surface area contributed by atoms with E-state index in [9.17, 15) is 4.79 Å². The maximum Gasteiger partial charge on any atom is 0.238 e. The third kappa shape index (κ3) is 7.57. The molecule has 2 aromatic carbocycles. The summed E-state index contributed by atoms with van der Waals surface area (Å²) in [6, 6.07) is 21.2. The van der Waals surface area contributed by atoms with Gasteiger partial charge >= 0.3 is 0 Å². The van der Waals surface area contributed by atoms with Gasteiger partial charge in [-0.1, -0.05) is 18.2 Å². The predicted molar refractivity (Wildman–Crippen MR) is 127 cm³/mol. The van der Waals surface area contributed by atoms with Gasteiger partial charge in [-0.25, -0.2) is 0 Å². The van der Waals surface area contributed by atoms with Gasteiger partial charge in [0.1, 0.15) is 11.5 Å². The summed E-state index contributed by atoms with van der Waals surface area (Å²) >= 11 is 5.21. The van der Waals surface area contributed by atoms with Crippen molar-refractivity contribution < 1.29 is 9.53 Å². The summed E-state index contributed by atoms with van der Waals surface area (Å²) in [7, 11) is 4.08. The maximum atomic E-state index is 12.6. The minimum absolute atomic E-state index is 0.0268. The first kappa shape index (κ1) is 22.5. The highest BCUT2D eigenvalue weighted by Crippen LogP contribution is 2.24. The fourth-order valence-corrected chi connectivity index (χ4v) is 4.37. The number of carbonyl (C=O) groups excluding carboxylic acids is 1. The fraction of sp³-hybridized carbons (Fsp3) is 0.261. The van der Waals surface area contributed by atoms with Crippen LogP contribution in [0.2, 0.25) is 0 Å². The minimum atomic E-state index is -0.0268. The molecular weight excluding hydrogens is 462 g/mol. The van der Waals surface area contributed by atoms with E-state index in [0.29, 0.717) is 6.54 Å². The van der Waals surface area contributed by atoms with Crippen LogP contribution in [0.1, 0.15) is 4.88 Å². The molecule has 1 aromatic heterocycles. The van der Waals surface area contributed by atoms with Crippen molar-refractivity contribution in [2.45, 2.75) is 6.54 Å². The first-order valence-corrected chi connectivity index (χ1v) is 11.3. The van der Waals surface area contributed by atoms with Gasteiger partial charge in [-0.15, -0.1) is 11.3 Å². The minimum Gasteiger partial charge on any atom is -0.457 e. The molecule has 0 aliphatic heterocycles. The number of anilines is 1. The Morgan fingerprint density at radius 3 is 2.30 bits per heavy atom. The van der Waals surface area contributed by atoms with Crippen molar-refractivity contribution in [2.24, 2.45) is 0 Å². The summed E-state index contributed by atoms with van der Waals surface area (Å²) in [4.78, 5) is 18.2. The molecule has 0 radical (unpaired) electrons. The van der Waals surface area contributed by atoms with Gasteiger partial charge in [0, 0.05) is 30.2 Å². The van der Waals surface area contributed by atoms with Crippen molar-refractivity contribution in [3.8, 4) is 11.5 Å². The third-order valence-corrected chi connectivity index (χ3v) is 5.96. The van der Waals surface area contributed by atoms with Gasteiger partial charge < -0.3 is 15.0 Å². The Hall–Kier alpha value is -2.19. The molecule has 0 saturated heterocycles. The molecule has 0 fully saturated rings. The summed E-state index contributed by atoms with van der Waals surface area (Å²) < 4.78 is 6.90. The molecule has 3 rings (SSSR count). The van der Waals surface area contributed by atoms with Crippen LogP contribution >= 0.6 is 27.3 Å². The average molecular weight is 488 g/mol. The van der Waals surface area contributed by atoms with E-state index < -0.39 is 0 Å². The highest BCUT2D eigenvalue weighted by atomic mass is 79.9. The van der Waals surface area contributed by atoms with E-state index in [1.165, 1.54) is 4.88 Å². The number of para-hydroxylation sites is 1. The second-order valence-corrected chi connectivity index (χ2v) is 9.75. The van der Waals surface area contributed by atoms with E-state index in [-0.39, 0.29) is 5.91 Å². The van der Waals surface area contributed by atoms with Crippen LogP contribution in [-0.4, -0.2) is 49.4 Å². The van der Waals surface area contributed by atoms with E-state index in [0.717, 1.165) is 40.6 Å². The zero-order valence-corrected chi connectivity index (χ0v) is 19.6. The summed E-state index contributed by atoms with van der Waals surface area (Å²) in [5, 5.41) is 2.99. The molecule has 30 heavy (non-hydrogen) atoms. The van der Waals surface area contributed by atoms with Crippen molar-refractivity contribution >= 4 is 38.9 Å².